The fraction of sp³-hybridized carbons (Fsp3) is 0.533. The molecule has 0 radical (unpaired) electrons. The van der Waals surface area contributed by atoms with Crippen molar-refractivity contribution in [1.29, 1.82) is 0 Å². The zero-order chi connectivity index (χ0) is 14.5. The minimum Gasteiger partial charge on any atom is -0.399 e. The van der Waals surface area contributed by atoms with Gasteiger partial charge in [0.15, 0.2) is 0 Å². The molecule has 110 valence electrons. The fourth-order valence-corrected chi connectivity index (χ4v) is 2.82. The molecular weight excluding hydrogens is 274 g/mol. The lowest BCUT2D eigenvalue weighted by Crippen LogP contribution is -2.34. The summed E-state index contributed by atoms with van der Waals surface area (Å²) in [5.74, 6) is 0.299. The van der Waals surface area contributed by atoms with Crippen molar-refractivity contribution in [2.75, 3.05) is 31.9 Å². The molecule has 0 saturated carbocycles. The Morgan fingerprint density at radius 2 is 2.15 bits per heavy atom. The number of amides is 1. The SMILES string of the molecule is CC(CNC(=O)c1ccc(N)cc1Cl)CN1CCCC1. The smallest absolute Gasteiger partial charge is 0.252 e. The number of benzene rings is 1. The van der Waals surface area contributed by atoms with Crippen molar-refractivity contribution < 1.29 is 4.79 Å². The highest BCUT2D eigenvalue weighted by Crippen LogP contribution is 2.19. The summed E-state index contributed by atoms with van der Waals surface area (Å²) in [6.07, 6.45) is 2.58. The maximum Gasteiger partial charge on any atom is 0.252 e. The summed E-state index contributed by atoms with van der Waals surface area (Å²) in [6.45, 7) is 6.22. The Morgan fingerprint density at radius 3 is 2.80 bits per heavy atom. The molecule has 3 N–H and O–H groups in total. The van der Waals surface area contributed by atoms with Crippen molar-refractivity contribution in [3.63, 3.8) is 0 Å². The normalized spacial score (nSPS) is 17.1. The van der Waals surface area contributed by atoms with Crippen LogP contribution in [-0.4, -0.2) is 37.0 Å². The number of hydrogen-bond donors (Lipinski definition) is 2. The van der Waals surface area contributed by atoms with Crippen molar-refractivity contribution in [2.45, 2.75) is 19.8 Å². The van der Waals surface area contributed by atoms with Crippen LogP contribution in [-0.2, 0) is 0 Å². The lowest BCUT2D eigenvalue weighted by Gasteiger charge is -2.20. The van der Waals surface area contributed by atoms with E-state index in [9.17, 15) is 4.79 Å². The quantitative estimate of drug-likeness (QED) is 0.820. The first-order chi connectivity index (χ1) is 9.56. The van der Waals surface area contributed by atoms with Crippen LogP contribution in [0.5, 0.6) is 0 Å². The molecule has 0 aliphatic carbocycles. The van der Waals surface area contributed by atoms with Gasteiger partial charge in [0.1, 0.15) is 0 Å². The second kappa shape index (κ2) is 6.95. The molecule has 1 aromatic carbocycles. The van der Waals surface area contributed by atoms with Gasteiger partial charge >= 0.3 is 0 Å². The number of nitrogens with one attached hydrogen (secondary N) is 1. The summed E-state index contributed by atoms with van der Waals surface area (Å²) < 4.78 is 0. The van der Waals surface area contributed by atoms with Crippen molar-refractivity contribution in [1.82, 2.24) is 10.2 Å². The third-order valence-corrected chi connectivity index (χ3v) is 3.93. The van der Waals surface area contributed by atoms with Gasteiger partial charge in [0.2, 0.25) is 0 Å². The van der Waals surface area contributed by atoms with E-state index in [0.29, 0.717) is 28.7 Å². The zero-order valence-electron chi connectivity index (χ0n) is 11.9. The van der Waals surface area contributed by atoms with Gasteiger partial charge < -0.3 is 16.0 Å². The van der Waals surface area contributed by atoms with Gasteiger partial charge in [0.05, 0.1) is 10.6 Å². The summed E-state index contributed by atoms with van der Waals surface area (Å²) >= 11 is 6.03. The minimum atomic E-state index is -0.136. The number of rotatable bonds is 5. The summed E-state index contributed by atoms with van der Waals surface area (Å²) in [7, 11) is 0. The van der Waals surface area contributed by atoms with E-state index in [4.69, 9.17) is 17.3 Å². The first-order valence-electron chi connectivity index (χ1n) is 7.12. The lowest BCUT2D eigenvalue weighted by molar-refractivity contribution is 0.0945. The van der Waals surface area contributed by atoms with Crippen molar-refractivity contribution in [3.8, 4) is 0 Å². The number of carbonyl (C=O) groups excluding carboxylic acids is 1. The van der Waals surface area contributed by atoms with E-state index in [1.54, 1.807) is 18.2 Å². The molecule has 1 aliphatic rings. The van der Waals surface area contributed by atoms with Crippen molar-refractivity contribution >= 4 is 23.2 Å². The molecular formula is C15H22ClN3O. The van der Waals surface area contributed by atoms with E-state index in [0.717, 1.165) is 6.54 Å². The minimum absolute atomic E-state index is 0.136. The Bertz CT molecular complexity index is 472. The van der Waals surface area contributed by atoms with E-state index in [1.807, 2.05) is 0 Å². The first kappa shape index (κ1) is 15.1. The molecule has 1 amide bonds. The summed E-state index contributed by atoms with van der Waals surface area (Å²) in [6, 6.07) is 4.96. The van der Waals surface area contributed by atoms with Crippen LogP contribution >= 0.6 is 11.6 Å². The molecule has 5 heteroatoms. The number of nitrogen functional groups attached to an aromatic ring is 1. The first-order valence-corrected chi connectivity index (χ1v) is 7.49. The molecule has 0 bridgehead atoms. The number of anilines is 1. The van der Waals surface area contributed by atoms with Crippen LogP contribution in [0, 0.1) is 5.92 Å². The number of halogens is 1. The molecule has 1 aromatic rings. The van der Waals surface area contributed by atoms with Crippen LogP contribution in [0.25, 0.3) is 0 Å². The molecule has 1 heterocycles. The van der Waals surface area contributed by atoms with Crippen LogP contribution < -0.4 is 11.1 Å². The van der Waals surface area contributed by atoms with Crippen LogP contribution in [0.15, 0.2) is 18.2 Å². The fourth-order valence-electron chi connectivity index (χ4n) is 2.55. The Kier molecular flexibility index (Phi) is 5.26. The van der Waals surface area contributed by atoms with E-state index in [2.05, 4.69) is 17.1 Å². The molecule has 0 spiro atoms. The molecule has 4 nitrogen and oxygen atoms in total. The van der Waals surface area contributed by atoms with Crippen LogP contribution in [0.1, 0.15) is 30.1 Å². The Hall–Kier alpha value is -1.26. The van der Waals surface area contributed by atoms with Gasteiger partial charge in [-0.25, -0.2) is 0 Å². The summed E-state index contributed by atoms with van der Waals surface area (Å²) in [5, 5.41) is 3.34. The Labute approximate surface area is 125 Å². The van der Waals surface area contributed by atoms with E-state index in [-0.39, 0.29) is 5.91 Å². The lowest BCUT2D eigenvalue weighted by atomic mass is 10.1. The van der Waals surface area contributed by atoms with Crippen molar-refractivity contribution in [2.24, 2.45) is 5.92 Å². The van der Waals surface area contributed by atoms with Gasteiger partial charge in [-0.2, -0.15) is 0 Å². The van der Waals surface area contributed by atoms with Gasteiger partial charge in [-0.3, -0.25) is 4.79 Å². The Balaban J connectivity index is 1.81. The van der Waals surface area contributed by atoms with Gasteiger partial charge in [-0.15, -0.1) is 0 Å². The highest BCUT2D eigenvalue weighted by molar-refractivity contribution is 6.34. The molecule has 1 saturated heterocycles. The largest absolute Gasteiger partial charge is 0.399 e. The highest BCUT2D eigenvalue weighted by atomic mass is 35.5. The number of hydrogen-bond acceptors (Lipinski definition) is 3. The van der Waals surface area contributed by atoms with Crippen LogP contribution in [0.2, 0.25) is 5.02 Å². The molecule has 1 fully saturated rings. The number of nitrogens with zero attached hydrogens (tertiary/aromatic N) is 1. The molecule has 2 rings (SSSR count). The van der Waals surface area contributed by atoms with Crippen molar-refractivity contribution in [3.05, 3.63) is 28.8 Å². The monoisotopic (exact) mass is 295 g/mol. The zero-order valence-corrected chi connectivity index (χ0v) is 12.6. The van der Waals surface area contributed by atoms with Gasteiger partial charge in [-0.05, 0) is 50.0 Å². The molecule has 1 aliphatic heterocycles. The van der Waals surface area contributed by atoms with E-state index >= 15 is 0 Å². The topological polar surface area (TPSA) is 58.4 Å². The third-order valence-electron chi connectivity index (χ3n) is 3.62. The van der Waals surface area contributed by atoms with Crippen LogP contribution in [0.3, 0.4) is 0 Å². The van der Waals surface area contributed by atoms with E-state index in [1.165, 1.54) is 25.9 Å². The summed E-state index contributed by atoms with van der Waals surface area (Å²) in [4.78, 5) is 14.5. The molecule has 1 atom stereocenters. The molecule has 0 aromatic heterocycles. The second-order valence-corrected chi connectivity index (χ2v) is 5.97. The highest BCUT2D eigenvalue weighted by Gasteiger charge is 2.16. The van der Waals surface area contributed by atoms with Crippen LogP contribution in [0.4, 0.5) is 5.69 Å². The summed E-state index contributed by atoms with van der Waals surface area (Å²) in [5.41, 5.74) is 6.66. The number of carbonyl (C=O) groups is 1. The second-order valence-electron chi connectivity index (χ2n) is 5.56. The number of likely N-dealkylation sites (tertiary alicyclic amines) is 1. The standard InChI is InChI=1S/C15H22ClN3O/c1-11(10-19-6-2-3-7-19)9-18-15(20)13-5-4-12(17)8-14(13)16/h4-5,8,11H,2-3,6-7,9-10,17H2,1H3,(H,18,20). The average molecular weight is 296 g/mol. The van der Waals surface area contributed by atoms with Gasteiger partial charge in [0, 0.05) is 18.8 Å². The predicted octanol–water partition coefficient (Wildman–Crippen LogP) is 2.38. The predicted molar refractivity (Wildman–Crippen MR) is 83.0 cm³/mol. The van der Waals surface area contributed by atoms with Gasteiger partial charge in [-0.1, -0.05) is 18.5 Å². The van der Waals surface area contributed by atoms with E-state index < -0.39 is 0 Å². The molecule has 20 heavy (non-hydrogen) atoms. The van der Waals surface area contributed by atoms with Gasteiger partial charge in [0.25, 0.3) is 5.91 Å². The third kappa shape index (κ3) is 4.12. The maximum atomic E-state index is 12.1. The molecule has 1 unspecified atom stereocenters. The maximum absolute atomic E-state index is 12.1. The Morgan fingerprint density at radius 1 is 1.45 bits per heavy atom. The average Bonchev–Trinajstić information content (AvgIpc) is 2.89. The number of nitrogens with two attached hydrogens (primary N) is 1.